The van der Waals surface area contributed by atoms with E-state index in [1.165, 1.54) is 0 Å². The molecular formula is C12H25N3O2. The molecule has 0 bridgehead atoms. The third-order valence-electron chi connectivity index (χ3n) is 2.43. The minimum atomic E-state index is -0.497. The topological polar surface area (TPSA) is 84.2 Å². The molecule has 2 amide bonds. The summed E-state index contributed by atoms with van der Waals surface area (Å²) in [4.78, 5) is 23.0. The Balaban J connectivity index is 3.90. The molecule has 0 rings (SSSR count). The van der Waals surface area contributed by atoms with Crippen molar-refractivity contribution in [1.29, 1.82) is 0 Å². The lowest BCUT2D eigenvalue weighted by molar-refractivity contribution is -0.128. The standard InChI is InChI=1S/C12H25N3O2/c1-4-6-10(13)8-11(16)15-9(3)12(17)14-7-5-2/h9-10H,4-8,13H2,1-3H3,(H,14,17)(H,15,16). The average Bonchev–Trinajstić information content (AvgIpc) is 2.25. The van der Waals surface area contributed by atoms with Gasteiger partial charge in [-0.3, -0.25) is 9.59 Å². The van der Waals surface area contributed by atoms with Gasteiger partial charge in [0.15, 0.2) is 0 Å². The van der Waals surface area contributed by atoms with Gasteiger partial charge in [-0.05, 0) is 19.8 Å². The Morgan fingerprint density at radius 2 is 1.88 bits per heavy atom. The predicted octanol–water partition coefficient (Wildman–Crippen LogP) is 0.535. The van der Waals surface area contributed by atoms with Crippen LogP contribution in [-0.2, 0) is 9.59 Å². The van der Waals surface area contributed by atoms with Crippen molar-refractivity contribution in [2.24, 2.45) is 5.73 Å². The summed E-state index contributed by atoms with van der Waals surface area (Å²) < 4.78 is 0. The van der Waals surface area contributed by atoms with Gasteiger partial charge in [-0.15, -0.1) is 0 Å². The molecule has 0 aliphatic carbocycles. The van der Waals surface area contributed by atoms with Crippen molar-refractivity contribution in [2.75, 3.05) is 6.54 Å². The molecule has 0 aromatic heterocycles. The van der Waals surface area contributed by atoms with Crippen LogP contribution in [0.15, 0.2) is 0 Å². The number of carbonyl (C=O) groups excluding carboxylic acids is 2. The zero-order valence-electron chi connectivity index (χ0n) is 11.1. The van der Waals surface area contributed by atoms with Crippen LogP contribution in [0.1, 0.15) is 46.5 Å². The van der Waals surface area contributed by atoms with Gasteiger partial charge >= 0.3 is 0 Å². The van der Waals surface area contributed by atoms with E-state index in [1.54, 1.807) is 6.92 Å². The van der Waals surface area contributed by atoms with Gasteiger partial charge in [0, 0.05) is 19.0 Å². The maximum Gasteiger partial charge on any atom is 0.242 e. The Bertz CT molecular complexity index is 244. The summed E-state index contributed by atoms with van der Waals surface area (Å²) in [6, 6.07) is -0.617. The first-order valence-corrected chi connectivity index (χ1v) is 6.33. The normalized spacial score (nSPS) is 13.9. The van der Waals surface area contributed by atoms with Crippen LogP contribution in [0.2, 0.25) is 0 Å². The first kappa shape index (κ1) is 15.9. The largest absolute Gasteiger partial charge is 0.354 e. The van der Waals surface area contributed by atoms with Crippen LogP contribution in [0, 0.1) is 0 Å². The van der Waals surface area contributed by atoms with E-state index in [1.807, 2.05) is 13.8 Å². The average molecular weight is 243 g/mol. The molecule has 17 heavy (non-hydrogen) atoms. The zero-order valence-corrected chi connectivity index (χ0v) is 11.1. The van der Waals surface area contributed by atoms with Crippen LogP contribution in [0.25, 0.3) is 0 Å². The van der Waals surface area contributed by atoms with Crippen molar-refractivity contribution in [1.82, 2.24) is 10.6 Å². The van der Waals surface area contributed by atoms with Gasteiger partial charge in [-0.2, -0.15) is 0 Å². The van der Waals surface area contributed by atoms with Crippen molar-refractivity contribution < 1.29 is 9.59 Å². The van der Waals surface area contributed by atoms with Gasteiger partial charge in [0.2, 0.25) is 11.8 Å². The Hall–Kier alpha value is -1.10. The number of amides is 2. The Morgan fingerprint density at radius 3 is 2.41 bits per heavy atom. The van der Waals surface area contributed by atoms with Crippen LogP contribution < -0.4 is 16.4 Å². The fourth-order valence-electron chi connectivity index (χ4n) is 1.48. The monoisotopic (exact) mass is 243 g/mol. The van der Waals surface area contributed by atoms with Crippen LogP contribution >= 0.6 is 0 Å². The van der Waals surface area contributed by atoms with E-state index in [0.29, 0.717) is 6.54 Å². The van der Waals surface area contributed by atoms with Crippen molar-refractivity contribution in [3.8, 4) is 0 Å². The highest BCUT2D eigenvalue weighted by Crippen LogP contribution is 1.98. The summed E-state index contributed by atoms with van der Waals surface area (Å²) in [7, 11) is 0. The van der Waals surface area contributed by atoms with Gasteiger partial charge in [0.1, 0.15) is 6.04 Å². The van der Waals surface area contributed by atoms with E-state index < -0.39 is 6.04 Å². The molecule has 0 fully saturated rings. The maximum absolute atomic E-state index is 11.5. The SMILES string of the molecule is CCCNC(=O)C(C)NC(=O)CC(N)CCC. The molecule has 5 nitrogen and oxygen atoms in total. The lowest BCUT2D eigenvalue weighted by Crippen LogP contribution is -2.46. The molecule has 0 aromatic rings. The molecule has 100 valence electrons. The summed E-state index contributed by atoms with van der Waals surface area (Å²) in [5.74, 6) is -0.311. The Morgan fingerprint density at radius 1 is 1.24 bits per heavy atom. The van der Waals surface area contributed by atoms with Crippen molar-refractivity contribution in [3.63, 3.8) is 0 Å². The summed E-state index contributed by atoms with van der Waals surface area (Å²) in [5, 5.41) is 5.38. The van der Waals surface area contributed by atoms with Crippen molar-refractivity contribution in [3.05, 3.63) is 0 Å². The van der Waals surface area contributed by atoms with E-state index in [-0.39, 0.29) is 24.3 Å². The second-order valence-electron chi connectivity index (χ2n) is 4.33. The van der Waals surface area contributed by atoms with E-state index in [2.05, 4.69) is 10.6 Å². The highest BCUT2D eigenvalue weighted by Gasteiger charge is 2.16. The Labute approximate surface area is 104 Å². The number of nitrogens with one attached hydrogen (secondary N) is 2. The third kappa shape index (κ3) is 7.74. The summed E-state index contributed by atoms with van der Waals surface area (Å²) in [5.41, 5.74) is 5.76. The molecule has 0 aliphatic rings. The molecule has 2 unspecified atom stereocenters. The van der Waals surface area contributed by atoms with Crippen LogP contribution in [0.5, 0.6) is 0 Å². The van der Waals surface area contributed by atoms with E-state index in [4.69, 9.17) is 5.73 Å². The van der Waals surface area contributed by atoms with Crippen molar-refractivity contribution >= 4 is 11.8 Å². The molecule has 0 aliphatic heterocycles. The molecule has 0 saturated carbocycles. The van der Waals surface area contributed by atoms with Crippen LogP contribution in [-0.4, -0.2) is 30.4 Å². The summed E-state index contributed by atoms with van der Waals surface area (Å²) in [6.45, 7) is 6.31. The number of nitrogens with two attached hydrogens (primary N) is 1. The van der Waals surface area contributed by atoms with Gasteiger partial charge in [-0.25, -0.2) is 0 Å². The molecule has 0 heterocycles. The quantitative estimate of drug-likeness (QED) is 0.581. The fraction of sp³-hybridized carbons (Fsp3) is 0.833. The maximum atomic E-state index is 11.5. The molecule has 0 saturated heterocycles. The van der Waals surface area contributed by atoms with E-state index >= 15 is 0 Å². The predicted molar refractivity (Wildman–Crippen MR) is 68.4 cm³/mol. The summed E-state index contributed by atoms with van der Waals surface area (Å²) in [6.07, 6.45) is 2.94. The number of carbonyl (C=O) groups is 2. The van der Waals surface area contributed by atoms with Gasteiger partial charge in [0.25, 0.3) is 0 Å². The minimum absolute atomic E-state index is 0.120. The first-order valence-electron chi connectivity index (χ1n) is 6.33. The van der Waals surface area contributed by atoms with Gasteiger partial charge in [0.05, 0.1) is 0 Å². The molecule has 4 N–H and O–H groups in total. The lowest BCUT2D eigenvalue weighted by atomic mass is 10.1. The fourth-order valence-corrected chi connectivity index (χ4v) is 1.48. The first-order chi connectivity index (χ1) is 8.01. The smallest absolute Gasteiger partial charge is 0.242 e. The number of hydrogen-bond donors (Lipinski definition) is 3. The van der Waals surface area contributed by atoms with Crippen LogP contribution in [0.4, 0.5) is 0 Å². The molecule has 5 heteroatoms. The molecule has 0 spiro atoms. The Kier molecular flexibility index (Phi) is 8.40. The molecule has 0 radical (unpaired) electrons. The summed E-state index contributed by atoms with van der Waals surface area (Å²) >= 11 is 0. The van der Waals surface area contributed by atoms with E-state index in [9.17, 15) is 9.59 Å². The second kappa shape index (κ2) is 8.98. The van der Waals surface area contributed by atoms with Gasteiger partial charge < -0.3 is 16.4 Å². The minimum Gasteiger partial charge on any atom is -0.354 e. The number of hydrogen-bond acceptors (Lipinski definition) is 3. The van der Waals surface area contributed by atoms with Crippen LogP contribution in [0.3, 0.4) is 0 Å². The lowest BCUT2D eigenvalue weighted by Gasteiger charge is -2.15. The number of rotatable bonds is 8. The molecular weight excluding hydrogens is 218 g/mol. The second-order valence-corrected chi connectivity index (χ2v) is 4.33. The highest BCUT2D eigenvalue weighted by molar-refractivity contribution is 5.87. The van der Waals surface area contributed by atoms with Gasteiger partial charge in [-0.1, -0.05) is 20.3 Å². The van der Waals surface area contributed by atoms with E-state index in [0.717, 1.165) is 19.3 Å². The third-order valence-corrected chi connectivity index (χ3v) is 2.43. The molecule has 2 atom stereocenters. The molecule has 0 aromatic carbocycles. The van der Waals surface area contributed by atoms with Crippen molar-refractivity contribution in [2.45, 2.75) is 58.5 Å². The zero-order chi connectivity index (χ0) is 13.3. The highest BCUT2D eigenvalue weighted by atomic mass is 16.2.